The quantitative estimate of drug-likeness (QED) is 0.626. The maximum Gasteiger partial charge on any atom is 0.317 e. The molecule has 0 spiro atoms. The van der Waals surface area contributed by atoms with Gasteiger partial charge in [-0.05, 0) is 37.3 Å². The second-order valence-electron chi connectivity index (χ2n) is 5.80. The van der Waals surface area contributed by atoms with Gasteiger partial charge in [-0.25, -0.2) is 0 Å². The van der Waals surface area contributed by atoms with Gasteiger partial charge in [0.25, 0.3) is 5.91 Å². The highest BCUT2D eigenvalue weighted by atomic mass is 35.5. The molecule has 1 fully saturated rings. The fourth-order valence-electron chi connectivity index (χ4n) is 2.35. The lowest BCUT2D eigenvalue weighted by Crippen LogP contribution is -2.37. The number of esters is 1. The summed E-state index contributed by atoms with van der Waals surface area (Å²) in [6.45, 7) is 1.59. The molecule has 2 aromatic rings. The molecule has 3 rings (SSSR count). The third kappa shape index (κ3) is 4.22. The van der Waals surface area contributed by atoms with Crippen molar-refractivity contribution in [3.05, 3.63) is 41.4 Å². The van der Waals surface area contributed by atoms with E-state index in [2.05, 4.69) is 5.32 Å². The SMILES string of the molecule is CC(OC(=O)CSc1cccc2cccc(Cl)c12)C(=O)NC1CC1. The highest BCUT2D eigenvalue weighted by molar-refractivity contribution is 8.00. The van der Waals surface area contributed by atoms with Gasteiger partial charge in [0, 0.05) is 21.3 Å². The number of carbonyl (C=O) groups excluding carboxylic acids is 2. The zero-order chi connectivity index (χ0) is 17.1. The summed E-state index contributed by atoms with van der Waals surface area (Å²) >= 11 is 7.64. The van der Waals surface area contributed by atoms with Crippen LogP contribution in [-0.4, -0.2) is 29.8 Å². The minimum atomic E-state index is -0.769. The number of amides is 1. The predicted octanol–water partition coefficient (Wildman–Crippen LogP) is 3.80. The summed E-state index contributed by atoms with van der Waals surface area (Å²) in [6.07, 6.45) is 1.24. The molecule has 1 unspecified atom stereocenters. The predicted molar refractivity (Wildman–Crippen MR) is 96.4 cm³/mol. The van der Waals surface area contributed by atoms with Crippen LogP contribution in [0.3, 0.4) is 0 Å². The van der Waals surface area contributed by atoms with Crippen LogP contribution in [0.2, 0.25) is 5.02 Å². The topological polar surface area (TPSA) is 55.4 Å². The Kier molecular flexibility index (Phi) is 5.31. The first-order valence-corrected chi connectivity index (χ1v) is 9.21. The number of hydrogen-bond acceptors (Lipinski definition) is 4. The minimum Gasteiger partial charge on any atom is -0.452 e. The Morgan fingerprint density at radius 2 is 2.00 bits per heavy atom. The Hall–Kier alpha value is -1.72. The smallest absolute Gasteiger partial charge is 0.317 e. The zero-order valence-corrected chi connectivity index (χ0v) is 14.8. The number of hydrogen-bond donors (Lipinski definition) is 1. The van der Waals surface area contributed by atoms with E-state index < -0.39 is 12.1 Å². The summed E-state index contributed by atoms with van der Waals surface area (Å²) in [5.74, 6) is -0.516. The lowest BCUT2D eigenvalue weighted by Gasteiger charge is -2.13. The Labute approximate surface area is 149 Å². The van der Waals surface area contributed by atoms with Gasteiger partial charge in [0.2, 0.25) is 0 Å². The summed E-state index contributed by atoms with van der Waals surface area (Å²) in [7, 11) is 0. The average Bonchev–Trinajstić information content (AvgIpc) is 3.37. The van der Waals surface area contributed by atoms with Gasteiger partial charge in [-0.1, -0.05) is 35.9 Å². The number of halogens is 1. The number of fused-ring (bicyclic) bond motifs is 1. The lowest BCUT2D eigenvalue weighted by molar-refractivity contribution is -0.152. The van der Waals surface area contributed by atoms with Crippen LogP contribution in [0.1, 0.15) is 19.8 Å². The third-order valence-corrected chi connectivity index (χ3v) is 5.11. The molecular weight excluding hydrogens is 346 g/mol. The fraction of sp³-hybridized carbons (Fsp3) is 0.333. The molecule has 1 amide bonds. The van der Waals surface area contributed by atoms with Crippen LogP contribution in [0.15, 0.2) is 41.3 Å². The molecule has 6 heteroatoms. The van der Waals surface area contributed by atoms with Crippen molar-refractivity contribution in [3.8, 4) is 0 Å². The number of rotatable bonds is 6. The summed E-state index contributed by atoms with van der Waals surface area (Å²) in [4.78, 5) is 24.7. The summed E-state index contributed by atoms with van der Waals surface area (Å²) in [5, 5.41) is 5.43. The van der Waals surface area contributed by atoms with Crippen molar-refractivity contribution in [1.29, 1.82) is 0 Å². The van der Waals surface area contributed by atoms with Crippen LogP contribution >= 0.6 is 23.4 Å². The number of thioether (sulfide) groups is 1. The maximum atomic E-state index is 12.0. The van der Waals surface area contributed by atoms with E-state index in [-0.39, 0.29) is 17.7 Å². The summed E-state index contributed by atoms with van der Waals surface area (Å²) in [5.41, 5.74) is 0. The Morgan fingerprint density at radius 3 is 2.71 bits per heavy atom. The number of nitrogens with one attached hydrogen (secondary N) is 1. The molecule has 1 aliphatic rings. The molecule has 1 atom stereocenters. The molecule has 24 heavy (non-hydrogen) atoms. The molecule has 1 aliphatic carbocycles. The number of benzene rings is 2. The van der Waals surface area contributed by atoms with E-state index in [9.17, 15) is 9.59 Å². The molecule has 126 valence electrons. The van der Waals surface area contributed by atoms with E-state index in [0.717, 1.165) is 28.5 Å². The second kappa shape index (κ2) is 7.45. The molecule has 0 aliphatic heterocycles. The monoisotopic (exact) mass is 363 g/mol. The van der Waals surface area contributed by atoms with E-state index >= 15 is 0 Å². The van der Waals surface area contributed by atoms with Crippen LogP contribution in [0.4, 0.5) is 0 Å². The molecule has 2 aromatic carbocycles. The van der Waals surface area contributed by atoms with E-state index in [1.807, 2.05) is 36.4 Å². The van der Waals surface area contributed by atoms with Gasteiger partial charge >= 0.3 is 5.97 Å². The largest absolute Gasteiger partial charge is 0.452 e. The summed E-state index contributed by atoms with van der Waals surface area (Å²) < 4.78 is 5.20. The van der Waals surface area contributed by atoms with Gasteiger partial charge < -0.3 is 10.1 Å². The zero-order valence-electron chi connectivity index (χ0n) is 13.3. The van der Waals surface area contributed by atoms with E-state index in [0.29, 0.717) is 5.02 Å². The highest BCUT2D eigenvalue weighted by Gasteiger charge is 2.27. The van der Waals surface area contributed by atoms with Gasteiger partial charge in [0.05, 0.1) is 5.75 Å². The standard InChI is InChI=1S/C18H18ClNO3S/c1-11(18(22)20-13-8-9-13)23-16(21)10-24-15-7-3-5-12-4-2-6-14(19)17(12)15/h2-7,11,13H,8-10H2,1H3,(H,20,22). The van der Waals surface area contributed by atoms with Gasteiger partial charge in [-0.3, -0.25) is 9.59 Å². The molecule has 0 radical (unpaired) electrons. The lowest BCUT2D eigenvalue weighted by atomic mass is 10.1. The van der Waals surface area contributed by atoms with Crippen molar-refractivity contribution >= 4 is 46.0 Å². The van der Waals surface area contributed by atoms with Crippen molar-refractivity contribution < 1.29 is 14.3 Å². The van der Waals surface area contributed by atoms with Gasteiger partial charge in [0.15, 0.2) is 6.10 Å². The van der Waals surface area contributed by atoms with Crippen LogP contribution in [0.5, 0.6) is 0 Å². The van der Waals surface area contributed by atoms with Crippen LogP contribution < -0.4 is 5.32 Å². The van der Waals surface area contributed by atoms with Crippen LogP contribution in [-0.2, 0) is 14.3 Å². The van der Waals surface area contributed by atoms with Crippen molar-refractivity contribution in [2.45, 2.75) is 36.8 Å². The molecule has 4 nitrogen and oxygen atoms in total. The highest BCUT2D eigenvalue weighted by Crippen LogP contribution is 2.33. The first-order chi connectivity index (χ1) is 11.5. The normalized spacial score (nSPS) is 15.1. The third-order valence-electron chi connectivity index (χ3n) is 3.76. The maximum absolute atomic E-state index is 12.0. The van der Waals surface area contributed by atoms with Crippen molar-refractivity contribution in [2.75, 3.05) is 5.75 Å². The second-order valence-corrected chi connectivity index (χ2v) is 7.22. The molecule has 0 saturated heterocycles. The van der Waals surface area contributed by atoms with Gasteiger partial charge in [-0.2, -0.15) is 0 Å². The first kappa shape index (κ1) is 17.1. The molecule has 0 aromatic heterocycles. The number of carbonyl (C=O) groups is 2. The molecular formula is C18H18ClNO3S. The fourth-order valence-corrected chi connectivity index (χ4v) is 3.58. The molecule has 1 N–H and O–H groups in total. The molecule has 0 heterocycles. The molecule has 1 saturated carbocycles. The Morgan fingerprint density at radius 1 is 1.29 bits per heavy atom. The minimum absolute atomic E-state index is 0.130. The number of ether oxygens (including phenoxy) is 1. The summed E-state index contributed by atoms with van der Waals surface area (Å²) in [6, 6.07) is 11.8. The molecule has 0 bridgehead atoms. The Bertz CT molecular complexity index is 771. The average molecular weight is 364 g/mol. The Balaban J connectivity index is 1.59. The first-order valence-electron chi connectivity index (χ1n) is 7.84. The van der Waals surface area contributed by atoms with E-state index in [1.165, 1.54) is 11.8 Å². The van der Waals surface area contributed by atoms with Crippen molar-refractivity contribution in [2.24, 2.45) is 0 Å². The van der Waals surface area contributed by atoms with Crippen molar-refractivity contribution in [3.63, 3.8) is 0 Å². The van der Waals surface area contributed by atoms with Gasteiger partial charge in [-0.15, -0.1) is 11.8 Å². The van der Waals surface area contributed by atoms with Gasteiger partial charge in [0.1, 0.15) is 0 Å². The van der Waals surface area contributed by atoms with Crippen LogP contribution in [0, 0.1) is 0 Å². The van der Waals surface area contributed by atoms with E-state index in [4.69, 9.17) is 16.3 Å². The van der Waals surface area contributed by atoms with Crippen molar-refractivity contribution in [1.82, 2.24) is 5.32 Å². The van der Waals surface area contributed by atoms with Crippen LogP contribution in [0.25, 0.3) is 10.8 Å². The van der Waals surface area contributed by atoms with E-state index in [1.54, 1.807) is 6.92 Å².